The van der Waals surface area contributed by atoms with Crippen LogP contribution in [0.15, 0.2) is 192 Å². The minimum atomic E-state index is -0.480. The van der Waals surface area contributed by atoms with Gasteiger partial charge in [0.2, 0.25) is 0 Å². The SMILES string of the molecule is COc1ccc(-c2c3c4c(c5ccccc25)=c2ccc([nH]2)=C(c2ccccc2)C2=NC(=C(c5ccccc5)c5ccc([nH]5)C(=C3OC(=O)c3ccccc3)N=4)C=C2)cc1. The number of aromatic nitrogens is 2. The van der Waals surface area contributed by atoms with Crippen LogP contribution in [-0.4, -0.2) is 28.8 Å². The van der Waals surface area contributed by atoms with Crippen LogP contribution in [-0.2, 0) is 4.74 Å². The zero-order chi connectivity index (χ0) is 39.5. The molecule has 7 heteroatoms. The highest BCUT2D eigenvalue weighted by Gasteiger charge is 2.31. The number of carbonyl (C=O) groups excluding carboxylic acids is 1. The van der Waals surface area contributed by atoms with Gasteiger partial charge in [-0.3, -0.25) is 0 Å². The van der Waals surface area contributed by atoms with Crippen molar-refractivity contribution in [2.45, 2.75) is 0 Å². The molecule has 0 spiro atoms. The molecule has 2 aromatic heterocycles. The average Bonchev–Trinajstić information content (AvgIpc) is 4.13. The van der Waals surface area contributed by atoms with Crippen molar-refractivity contribution in [1.29, 1.82) is 0 Å². The van der Waals surface area contributed by atoms with E-state index in [1.807, 2.05) is 78.9 Å². The van der Waals surface area contributed by atoms with E-state index in [0.29, 0.717) is 28.1 Å². The van der Waals surface area contributed by atoms with Crippen molar-refractivity contribution in [1.82, 2.24) is 9.97 Å². The number of nitrogens with one attached hydrogen (secondary N) is 2. The Kier molecular flexibility index (Phi) is 8.05. The molecule has 0 amide bonds. The van der Waals surface area contributed by atoms with Gasteiger partial charge in [0.05, 0.1) is 40.7 Å². The molecule has 2 N–H and O–H groups in total. The van der Waals surface area contributed by atoms with Crippen LogP contribution >= 0.6 is 0 Å². The van der Waals surface area contributed by atoms with Crippen molar-refractivity contribution in [2.75, 3.05) is 7.11 Å². The molecule has 7 nitrogen and oxygen atoms in total. The first-order valence-corrected chi connectivity index (χ1v) is 19.5. The zero-order valence-corrected chi connectivity index (χ0v) is 31.9. The molecule has 0 atom stereocenters. The van der Waals surface area contributed by atoms with E-state index in [-0.39, 0.29) is 0 Å². The maximum Gasteiger partial charge on any atom is 0.343 e. The predicted molar refractivity (Wildman–Crippen MR) is 233 cm³/mol. The molecule has 0 saturated carbocycles. The standard InChI is InChI=1S/C52H34N4O3/c1-58-35-23-21-33(22-24-35)44-36-19-11-12-20-37(36)47-42-28-27-40(54-42)45(31-13-5-2-6-14-31)38-25-26-39(53-38)46(32-15-7-3-8-16-32)41-29-30-43(55-41)49-51(48(44)50(47)56-49)59-52(57)34-17-9-4-10-18-34/h2-30,54-55H,1H3. The minimum Gasteiger partial charge on any atom is -0.497 e. The van der Waals surface area contributed by atoms with Crippen molar-refractivity contribution in [3.8, 4) is 16.9 Å². The van der Waals surface area contributed by atoms with Gasteiger partial charge in [-0.15, -0.1) is 0 Å². The Morgan fingerprint density at radius 3 is 1.92 bits per heavy atom. The first-order chi connectivity index (χ1) is 29.1. The molecule has 3 aliphatic heterocycles. The van der Waals surface area contributed by atoms with E-state index in [1.165, 1.54) is 0 Å². The number of carbonyl (C=O) groups is 1. The lowest BCUT2D eigenvalue weighted by atomic mass is 9.90. The molecule has 3 aliphatic rings. The molecule has 0 unspecified atom stereocenters. The quantitative estimate of drug-likeness (QED) is 0.165. The topological polar surface area (TPSA) is 91.8 Å². The molecule has 5 heterocycles. The van der Waals surface area contributed by atoms with E-state index in [4.69, 9.17) is 19.5 Å². The fourth-order valence-electron chi connectivity index (χ4n) is 8.48. The number of fused-ring (bicyclic) bond motifs is 9. The van der Waals surface area contributed by atoms with Gasteiger partial charge in [0.1, 0.15) is 11.4 Å². The Labute approximate surface area is 338 Å². The number of H-pyrrole nitrogens is 2. The fraction of sp³-hybridized carbons (Fsp3) is 0.0192. The van der Waals surface area contributed by atoms with Crippen molar-refractivity contribution >= 4 is 45.1 Å². The number of esters is 1. The first kappa shape index (κ1) is 34.2. The van der Waals surface area contributed by atoms with E-state index >= 15 is 0 Å². The average molecular weight is 763 g/mol. The third kappa shape index (κ3) is 5.70. The minimum absolute atomic E-state index is 0.366. The van der Waals surface area contributed by atoms with Gasteiger partial charge in [-0.05, 0) is 88.1 Å². The van der Waals surface area contributed by atoms with Gasteiger partial charge in [0, 0.05) is 38.3 Å². The summed E-state index contributed by atoms with van der Waals surface area (Å²) >= 11 is 0. The maximum atomic E-state index is 14.2. The first-order valence-electron chi connectivity index (χ1n) is 19.5. The molecule has 8 aromatic rings. The molecule has 8 bridgehead atoms. The second-order valence-electron chi connectivity index (χ2n) is 14.6. The van der Waals surface area contributed by atoms with Crippen LogP contribution in [0.25, 0.3) is 44.5 Å². The lowest BCUT2D eigenvalue weighted by Crippen LogP contribution is -2.16. The molecule has 6 aromatic carbocycles. The van der Waals surface area contributed by atoms with Crippen molar-refractivity contribution in [3.05, 3.63) is 237 Å². The molecular formula is C52H34N4O3. The summed E-state index contributed by atoms with van der Waals surface area (Å²) in [6.45, 7) is 0. The van der Waals surface area contributed by atoms with E-state index < -0.39 is 5.97 Å². The summed E-state index contributed by atoms with van der Waals surface area (Å²) in [5.41, 5.74) is 10.7. The second kappa shape index (κ2) is 13.9. The van der Waals surface area contributed by atoms with Crippen LogP contribution in [0.2, 0.25) is 0 Å². The Hall–Kier alpha value is -8.03. The highest BCUT2D eigenvalue weighted by molar-refractivity contribution is 6.30. The van der Waals surface area contributed by atoms with Crippen LogP contribution in [0.3, 0.4) is 0 Å². The molecule has 11 rings (SSSR count). The summed E-state index contributed by atoms with van der Waals surface area (Å²) < 4.78 is 12.2. The third-order valence-electron chi connectivity index (χ3n) is 11.2. The van der Waals surface area contributed by atoms with Gasteiger partial charge in [0.25, 0.3) is 0 Å². The molecule has 280 valence electrons. The molecule has 0 aliphatic carbocycles. The van der Waals surface area contributed by atoms with Crippen LogP contribution in [0, 0.1) is 10.6 Å². The number of methoxy groups -OCH3 is 1. The van der Waals surface area contributed by atoms with Crippen molar-refractivity contribution in [3.63, 3.8) is 0 Å². The highest BCUT2D eigenvalue weighted by atomic mass is 16.5. The van der Waals surface area contributed by atoms with E-state index in [2.05, 4.69) is 94.9 Å². The number of rotatable bonds is 6. The monoisotopic (exact) mass is 762 g/mol. The van der Waals surface area contributed by atoms with Crippen LogP contribution in [0.1, 0.15) is 38.4 Å². The zero-order valence-electron chi connectivity index (χ0n) is 31.9. The Bertz CT molecular complexity index is 3370. The predicted octanol–water partition coefficient (Wildman–Crippen LogP) is 9.76. The molecule has 0 radical (unpaired) electrons. The number of aliphatic imine (C=N–C) groups is 1. The number of benzene rings is 6. The Morgan fingerprint density at radius 2 is 1.19 bits per heavy atom. The van der Waals surface area contributed by atoms with Gasteiger partial charge in [0.15, 0.2) is 5.76 Å². The summed E-state index contributed by atoms with van der Waals surface area (Å²) in [6, 6.07) is 54.4. The van der Waals surface area contributed by atoms with Gasteiger partial charge < -0.3 is 19.4 Å². The molecule has 59 heavy (non-hydrogen) atoms. The van der Waals surface area contributed by atoms with E-state index in [9.17, 15) is 4.79 Å². The van der Waals surface area contributed by atoms with Gasteiger partial charge >= 0.3 is 5.97 Å². The normalized spacial score (nSPS) is 13.9. The Balaban J connectivity index is 1.33. The number of ether oxygens (including phenoxy) is 2. The van der Waals surface area contributed by atoms with Gasteiger partial charge in [-0.25, -0.2) is 14.8 Å². The van der Waals surface area contributed by atoms with Crippen LogP contribution in [0.4, 0.5) is 0 Å². The van der Waals surface area contributed by atoms with Crippen LogP contribution in [0.5, 0.6) is 5.75 Å². The third-order valence-corrected chi connectivity index (χ3v) is 11.2. The summed E-state index contributed by atoms with van der Waals surface area (Å²) in [5, 5.41) is 5.34. The van der Waals surface area contributed by atoms with Crippen molar-refractivity contribution < 1.29 is 14.3 Å². The van der Waals surface area contributed by atoms with Gasteiger partial charge in [-0.2, -0.15) is 0 Å². The number of hydrogen-bond acceptors (Lipinski definition) is 5. The fourth-order valence-corrected chi connectivity index (χ4v) is 8.48. The molecule has 0 saturated heterocycles. The lowest BCUT2D eigenvalue weighted by molar-refractivity contribution is 0.0693. The number of aromatic amines is 2. The summed E-state index contributed by atoms with van der Waals surface area (Å²) in [5.74, 6) is 0.626. The van der Waals surface area contributed by atoms with E-state index in [0.717, 1.165) is 88.5 Å². The molecule has 0 fully saturated rings. The number of allylic oxidation sites excluding steroid dienone is 2. The largest absolute Gasteiger partial charge is 0.497 e. The number of hydrogen-bond donors (Lipinski definition) is 2. The summed E-state index contributed by atoms with van der Waals surface area (Å²) in [4.78, 5) is 32.6. The summed E-state index contributed by atoms with van der Waals surface area (Å²) in [6.07, 6.45) is 4.18. The molecular weight excluding hydrogens is 729 g/mol. The lowest BCUT2D eigenvalue weighted by Gasteiger charge is -2.16. The number of nitrogens with zero attached hydrogens (tertiary/aromatic N) is 2. The smallest absolute Gasteiger partial charge is 0.343 e. The Morgan fingerprint density at radius 1 is 0.542 bits per heavy atom. The maximum absolute atomic E-state index is 14.2. The second-order valence-corrected chi connectivity index (χ2v) is 14.6. The van der Waals surface area contributed by atoms with Gasteiger partial charge in [-0.1, -0.05) is 115 Å². The van der Waals surface area contributed by atoms with E-state index in [1.54, 1.807) is 19.2 Å². The van der Waals surface area contributed by atoms with Crippen molar-refractivity contribution in [2.24, 2.45) is 9.98 Å². The van der Waals surface area contributed by atoms with Crippen LogP contribution < -0.4 is 15.4 Å². The summed E-state index contributed by atoms with van der Waals surface area (Å²) in [7, 11) is 1.66. The highest BCUT2D eigenvalue weighted by Crippen LogP contribution is 2.42.